The molecule has 0 aromatic carbocycles. The molecule has 6 nitrogen and oxygen atoms in total. The van der Waals surface area contributed by atoms with E-state index < -0.39 is 10.0 Å². The van der Waals surface area contributed by atoms with Crippen molar-refractivity contribution in [2.24, 2.45) is 5.73 Å². The fraction of sp³-hybridized carbons (Fsp3) is 1.00. The zero-order valence-corrected chi connectivity index (χ0v) is 12.8. The van der Waals surface area contributed by atoms with Crippen LogP contribution in [0.15, 0.2) is 0 Å². The van der Waals surface area contributed by atoms with Gasteiger partial charge in [-0.15, -0.1) is 0 Å². The third-order valence-corrected chi connectivity index (χ3v) is 5.98. The summed E-state index contributed by atoms with van der Waals surface area (Å²) in [6, 6.07) is 0. The highest BCUT2D eigenvalue weighted by Crippen LogP contribution is 2.28. The summed E-state index contributed by atoms with van der Waals surface area (Å²) in [6.07, 6.45) is 3.45. The SMILES string of the molecule is CN1CCC(CN)(N2CCN(S(C)(=O)=O)CC2)CC1. The number of nitrogens with zero attached hydrogens (tertiary/aromatic N) is 3. The van der Waals surface area contributed by atoms with Crippen LogP contribution in [0, 0.1) is 0 Å². The van der Waals surface area contributed by atoms with Crippen LogP contribution in [-0.4, -0.2) is 87.2 Å². The molecule has 0 radical (unpaired) electrons. The van der Waals surface area contributed by atoms with Crippen LogP contribution in [0.25, 0.3) is 0 Å². The topological polar surface area (TPSA) is 69.9 Å². The van der Waals surface area contributed by atoms with E-state index in [2.05, 4.69) is 16.8 Å². The molecule has 0 unspecified atom stereocenters. The second-order valence-corrected chi connectivity index (χ2v) is 7.86. The van der Waals surface area contributed by atoms with Crippen molar-refractivity contribution in [3.8, 4) is 0 Å². The van der Waals surface area contributed by atoms with E-state index in [0.717, 1.165) is 39.0 Å². The predicted molar refractivity (Wildman–Crippen MR) is 76.5 cm³/mol. The highest BCUT2D eigenvalue weighted by Gasteiger charge is 2.40. The number of likely N-dealkylation sites (tertiary alicyclic amines) is 1. The lowest BCUT2D eigenvalue weighted by molar-refractivity contribution is 0.0130. The highest BCUT2D eigenvalue weighted by atomic mass is 32.2. The second-order valence-electron chi connectivity index (χ2n) is 5.88. The fourth-order valence-electron chi connectivity index (χ4n) is 3.18. The second kappa shape index (κ2) is 5.65. The molecule has 112 valence electrons. The normalized spacial score (nSPS) is 27.5. The van der Waals surface area contributed by atoms with E-state index in [1.165, 1.54) is 6.26 Å². The van der Waals surface area contributed by atoms with Crippen LogP contribution in [-0.2, 0) is 10.0 Å². The Morgan fingerprint density at radius 3 is 2.00 bits per heavy atom. The number of rotatable bonds is 3. The van der Waals surface area contributed by atoms with Crippen LogP contribution in [0.4, 0.5) is 0 Å². The predicted octanol–water partition coefficient (Wildman–Crippen LogP) is -1.01. The first-order valence-corrected chi connectivity index (χ1v) is 8.81. The van der Waals surface area contributed by atoms with Gasteiger partial charge in [-0.25, -0.2) is 8.42 Å². The standard InChI is InChI=1S/C12H26N4O2S/c1-14-5-3-12(11-13,4-6-14)15-7-9-16(10-8-15)19(2,17)18/h3-11,13H2,1-2H3. The Morgan fingerprint density at radius 2 is 1.58 bits per heavy atom. The molecule has 0 amide bonds. The lowest BCUT2D eigenvalue weighted by Crippen LogP contribution is -2.63. The summed E-state index contributed by atoms with van der Waals surface area (Å²) < 4.78 is 24.6. The maximum absolute atomic E-state index is 11.5. The van der Waals surface area contributed by atoms with Crippen LogP contribution in [0.3, 0.4) is 0 Å². The minimum absolute atomic E-state index is 0.0795. The number of nitrogens with two attached hydrogens (primary N) is 1. The first kappa shape index (κ1) is 15.2. The van der Waals surface area contributed by atoms with Crippen LogP contribution >= 0.6 is 0 Å². The van der Waals surface area contributed by atoms with E-state index >= 15 is 0 Å². The molecule has 0 atom stereocenters. The Kier molecular flexibility index (Phi) is 4.52. The molecular formula is C12H26N4O2S. The van der Waals surface area contributed by atoms with Gasteiger partial charge in [-0.1, -0.05) is 0 Å². The third-order valence-electron chi connectivity index (χ3n) is 4.68. The van der Waals surface area contributed by atoms with Crippen LogP contribution in [0.5, 0.6) is 0 Å². The molecule has 19 heavy (non-hydrogen) atoms. The zero-order valence-electron chi connectivity index (χ0n) is 12.0. The molecule has 2 heterocycles. The van der Waals surface area contributed by atoms with Gasteiger partial charge in [-0.2, -0.15) is 4.31 Å². The van der Waals surface area contributed by atoms with Gasteiger partial charge in [-0.3, -0.25) is 4.90 Å². The average Bonchev–Trinajstić information content (AvgIpc) is 2.39. The molecule has 2 rings (SSSR count). The van der Waals surface area contributed by atoms with E-state index in [1.807, 2.05) is 0 Å². The summed E-state index contributed by atoms with van der Waals surface area (Å²) in [5.41, 5.74) is 6.12. The van der Waals surface area contributed by atoms with Crippen molar-refractivity contribution >= 4 is 10.0 Å². The van der Waals surface area contributed by atoms with E-state index in [9.17, 15) is 8.42 Å². The minimum atomic E-state index is -3.05. The van der Waals surface area contributed by atoms with Gasteiger partial charge < -0.3 is 10.6 Å². The van der Waals surface area contributed by atoms with E-state index in [-0.39, 0.29) is 5.54 Å². The monoisotopic (exact) mass is 290 g/mol. The number of hydrogen-bond acceptors (Lipinski definition) is 5. The van der Waals surface area contributed by atoms with Gasteiger partial charge in [0.25, 0.3) is 0 Å². The summed E-state index contributed by atoms with van der Waals surface area (Å²) in [5, 5.41) is 0. The molecule has 0 bridgehead atoms. The molecule has 0 aromatic heterocycles. The van der Waals surface area contributed by atoms with Gasteiger partial charge in [0.2, 0.25) is 10.0 Å². The number of piperidine rings is 1. The van der Waals surface area contributed by atoms with Crippen LogP contribution in [0.2, 0.25) is 0 Å². The first-order valence-electron chi connectivity index (χ1n) is 6.96. The molecule has 0 aliphatic carbocycles. The number of sulfonamides is 1. The molecule has 0 saturated carbocycles. The van der Waals surface area contributed by atoms with Gasteiger partial charge in [0.05, 0.1) is 6.26 Å². The average molecular weight is 290 g/mol. The smallest absolute Gasteiger partial charge is 0.211 e. The zero-order chi connectivity index (χ0) is 14.1. The lowest BCUT2D eigenvalue weighted by atomic mass is 9.85. The molecule has 2 aliphatic heterocycles. The van der Waals surface area contributed by atoms with E-state index in [0.29, 0.717) is 19.6 Å². The Hall–Kier alpha value is -0.210. The maximum atomic E-state index is 11.5. The third kappa shape index (κ3) is 3.28. The summed E-state index contributed by atoms with van der Waals surface area (Å²) in [6.45, 7) is 5.60. The maximum Gasteiger partial charge on any atom is 0.211 e. The summed E-state index contributed by atoms with van der Waals surface area (Å²) in [7, 11) is -0.907. The minimum Gasteiger partial charge on any atom is -0.329 e. The quantitative estimate of drug-likeness (QED) is 0.721. The van der Waals surface area contributed by atoms with Crippen molar-refractivity contribution in [2.75, 3.05) is 59.1 Å². The van der Waals surface area contributed by atoms with Gasteiger partial charge in [0, 0.05) is 38.3 Å². The molecule has 2 aliphatic rings. The molecule has 7 heteroatoms. The van der Waals surface area contributed by atoms with Crippen LogP contribution in [0.1, 0.15) is 12.8 Å². The van der Waals surface area contributed by atoms with Crippen molar-refractivity contribution < 1.29 is 8.42 Å². The molecule has 2 saturated heterocycles. The summed E-state index contributed by atoms with van der Waals surface area (Å²) in [5.74, 6) is 0. The fourth-order valence-corrected chi connectivity index (χ4v) is 4.00. The molecule has 0 spiro atoms. The Bertz CT molecular complexity index is 396. The Balaban J connectivity index is 1.99. The van der Waals surface area contributed by atoms with E-state index in [1.54, 1.807) is 4.31 Å². The Morgan fingerprint density at radius 1 is 1.05 bits per heavy atom. The largest absolute Gasteiger partial charge is 0.329 e. The molecular weight excluding hydrogens is 264 g/mol. The van der Waals surface area contributed by atoms with Gasteiger partial charge >= 0.3 is 0 Å². The van der Waals surface area contributed by atoms with Crippen molar-refractivity contribution in [3.63, 3.8) is 0 Å². The molecule has 0 aromatic rings. The van der Waals surface area contributed by atoms with Gasteiger partial charge in [0.15, 0.2) is 0 Å². The summed E-state index contributed by atoms with van der Waals surface area (Å²) >= 11 is 0. The number of hydrogen-bond donors (Lipinski definition) is 1. The van der Waals surface area contributed by atoms with Crippen LogP contribution < -0.4 is 5.73 Å². The highest BCUT2D eigenvalue weighted by molar-refractivity contribution is 7.88. The first-order chi connectivity index (χ1) is 8.87. The Labute approximate surface area is 116 Å². The number of piperazine rings is 1. The summed E-state index contributed by atoms with van der Waals surface area (Å²) in [4.78, 5) is 4.75. The molecule has 2 N–H and O–H groups in total. The molecule has 2 fully saturated rings. The van der Waals surface area contributed by atoms with Crippen molar-refractivity contribution in [2.45, 2.75) is 18.4 Å². The van der Waals surface area contributed by atoms with E-state index in [4.69, 9.17) is 5.73 Å². The van der Waals surface area contributed by atoms with Crippen molar-refractivity contribution in [3.05, 3.63) is 0 Å². The lowest BCUT2D eigenvalue weighted by Gasteiger charge is -2.50. The van der Waals surface area contributed by atoms with Crippen molar-refractivity contribution in [1.82, 2.24) is 14.1 Å². The van der Waals surface area contributed by atoms with Crippen molar-refractivity contribution in [1.29, 1.82) is 0 Å². The van der Waals surface area contributed by atoms with Gasteiger partial charge in [0.1, 0.15) is 0 Å². The van der Waals surface area contributed by atoms with Gasteiger partial charge in [-0.05, 0) is 33.0 Å².